The lowest BCUT2D eigenvalue weighted by atomic mass is 10.3. The first kappa shape index (κ1) is 13.5. The fourth-order valence-corrected chi connectivity index (χ4v) is 2.19. The van der Waals surface area contributed by atoms with Crippen LogP contribution in [0.2, 0.25) is 0 Å². The number of hydrogen-bond donors (Lipinski definition) is 1. The van der Waals surface area contributed by atoms with Gasteiger partial charge in [0, 0.05) is 24.2 Å². The Morgan fingerprint density at radius 3 is 2.65 bits per heavy atom. The Morgan fingerprint density at radius 2 is 2.18 bits per heavy atom. The van der Waals surface area contributed by atoms with Crippen LogP contribution in [0.1, 0.15) is 21.0 Å². The number of aryl methyl sites for hydroxylation is 1. The highest BCUT2D eigenvalue weighted by atomic mass is 32.1. The summed E-state index contributed by atoms with van der Waals surface area (Å²) in [5, 5.41) is 0. The monoisotopic (exact) mass is 256 g/mol. The summed E-state index contributed by atoms with van der Waals surface area (Å²) in [7, 11) is 2.98. The number of carbonyl (C=O) groups is 2. The summed E-state index contributed by atoms with van der Waals surface area (Å²) in [6.07, 6.45) is 0.193. The van der Waals surface area contributed by atoms with Gasteiger partial charge in [-0.05, 0) is 13.0 Å². The number of nitrogen functional groups attached to an aromatic ring is 1. The van der Waals surface area contributed by atoms with E-state index < -0.39 is 0 Å². The summed E-state index contributed by atoms with van der Waals surface area (Å²) in [6.45, 7) is 2.20. The molecule has 17 heavy (non-hydrogen) atoms. The molecular weight excluding hydrogens is 240 g/mol. The second kappa shape index (κ2) is 5.67. The third-order valence-corrected chi connectivity index (χ3v) is 3.45. The molecule has 1 aromatic heterocycles. The van der Waals surface area contributed by atoms with Crippen molar-refractivity contribution in [3.8, 4) is 0 Å². The molecule has 0 atom stereocenters. The van der Waals surface area contributed by atoms with Gasteiger partial charge in [-0.2, -0.15) is 0 Å². The summed E-state index contributed by atoms with van der Waals surface area (Å²) in [6, 6.07) is 1.66. The Morgan fingerprint density at radius 1 is 1.53 bits per heavy atom. The number of nitrogens with zero attached hydrogens (tertiary/aromatic N) is 1. The van der Waals surface area contributed by atoms with Crippen molar-refractivity contribution in [2.24, 2.45) is 0 Å². The van der Waals surface area contributed by atoms with E-state index >= 15 is 0 Å². The zero-order valence-corrected chi connectivity index (χ0v) is 11.0. The number of anilines is 1. The van der Waals surface area contributed by atoms with Crippen LogP contribution in [0.3, 0.4) is 0 Å². The Bertz CT molecular complexity index is 409. The van der Waals surface area contributed by atoms with Gasteiger partial charge in [0.15, 0.2) is 0 Å². The SMILES string of the molecule is COC(=O)CCN(C)C(=O)c1cc(N)c(C)s1. The molecule has 0 unspecified atom stereocenters. The van der Waals surface area contributed by atoms with Crippen LogP contribution < -0.4 is 5.73 Å². The van der Waals surface area contributed by atoms with Gasteiger partial charge in [-0.1, -0.05) is 0 Å². The largest absolute Gasteiger partial charge is 0.469 e. The average Bonchev–Trinajstić information content (AvgIpc) is 2.65. The van der Waals surface area contributed by atoms with Crippen LogP contribution in [0.15, 0.2) is 6.07 Å². The summed E-state index contributed by atoms with van der Waals surface area (Å²) < 4.78 is 4.51. The summed E-state index contributed by atoms with van der Waals surface area (Å²) >= 11 is 1.36. The van der Waals surface area contributed by atoms with Crippen molar-refractivity contribution >= 4 is 28.9 Å². The molecule has 0 saturated heterocycles. The topological polar surface area (TPSA) is 72.6 Å². The van der Waals surface area contributed by atoms with Crippen molar-refractivity contribution in [3.05, 3.63) is 15.8 Å². The van der Waals surface area contributed by atoms with Crippen LogP contribution >= 0.6 is 11.3 Å². The van der Waals surface area contributed by atoms with Crippen LogP contribution in [0.5, 0.6) is 0 Å². The first-order valence-electron chi connectivity index (χ1n) is 5.14. The van der Waals surface area contributed by atoms with Gasteiger partial charge in [0.25, 0.3) is 5.91 Å². The predicted molar refractivity (Wildman–Crippen MR) is 67.1 cm³/mol. The molecule has 1 rings (SSSR count). The maximum atomic E-state index is 11.9. The zero-order chi connectivity index (χ0) is 13.0. The molecule has 0 aliphatic rings. The minimum atomic E-state index is -0.327. The van der Waals surface area contributed by atoms with E-state index in [2.05, 4.69) is 4.74 Å². The molecule has 1 heterocycles. The van der Waals surface area contributed by atoms with Gasteiger partial charge in [0.2, 0.25) is 0 Å². The number of amides is 1. The molecular formula is C11H16N2O3S. The van der Waals surface area contributed by atoms with E-state index in [4.69, 9.17) is 5.73 Å². The van der Waals surface area contributed by atoms with Crippen LogP contribution in [0, 0.1) is 6.92 Å². The highest BCUT2D eigenvalue weighted by molar-refractivity contribution is 7.14. The van der Waals surface area contributed by atoms with Gasteiger partial charge in [0.05, 0.1) is 18.4 Å². The predicted octanol–water partition coefficient (Wildman–Crippen LogP) is 1.27. The minimum Gasteiger partial charge on any atom is -0.469 e. The van der Waals surface area contributed by atoms with Crippen LogP contribution in [-0.4, -0.2) is 37.5 Å². The van der Waals surface area contributed by atoms with E-state index in [1.807, 2.05) is 6.92 Å². The lowest BCUT2D eigenvalue weighted by Crippen LogP contribution is -2.28. The highest BCUT2D eigenvalue weighted by Gasteiger charge is 2.16. The Labute approximate surface area is 104 Å². The summed E-state index contributed by atoms with van der Waals surface area (Å²) in [5.74, 6) is -0.453. The summed E-state index contributed by atoms with van der Waals surface area (Å²) in [4.78, 5) is 25.9. The van der Waals surface area contributed by atoms with Crippen molar-refractivity contribution in [1.29, 1.82) is 0 Å². The Kier molecular flexibility index (Phi) is 4.51. The fraction of sp³-hybridized carbons (Fsp3) is 0.455. The van der Waals surface area contributed by atoms with Gasteiger partial charge >= 0.3 is 5.97 Å². The molecule has 0 saturated carbocycles. The smallest absolute Gasteiger partial charge is 0.307 e. The zero-order valence-electron chi connectivity index (χ0n) is 10.1. The van der Waals surface area contributed by atoms with E-state index in [9.17, 15) is 9.59 Å². The van der Waals surface area contributed by atoms with E-state index in [1.54, 1.807) is 13.1 Å². The van der Waals surface area contributed by atoms with E-state index in [0.717, 1.165) is 4.88 Å². The van der Waals surface area contributed by atoms with Crippen molar-refractivity contribution in [2.75, 3.05) is 26.4 Å². The number of thiophene rings is 1. The minimum absolute atomic E-state index is 0.126. The van der Waals surface area contributed by atoms with Crippen LogP contribution in [0.4, 0.5) is 5.69 Å². The van der Waals surface area contributed by atoms with Crippen molar-refractivity contribution in [1.82, 2.24) is 4.90 Å². The van der Waals surface area contributed by atoms with Gasteiger partial charge in [-0.3, -0.25) is 9.59 Å². The lowest BCUT2D eigenvalue weighted by Gasteiger charge is -2.15. The summed E-state index contributed by atoms with van der Waals surface area (Å²) in [5.41, 5.74) is 6.31. The van der Waals surface area contributed by atoms with E-state index in [0.29, 0.717) is 17.1 Å². The highest BCUT2D eigenvalue weighted by Crippen LogP contribution is 2.24. The molecule has 0 bridgehead atoms. The molecule has 5 nitrogen and oxygen atoms in total. The number of carbonyl (C=O) groups excluding carboxylic acids is 2. The third-order valence-electron chi connectivity index (χ3n) is 2.39. The maximum absolute atomic E-state index is 11.9. The van der Waals surface area contributed by atoms with Crippen LogP contribution in [-0.2, 0) is 9.53 Å². The van der Waals surface area contributed by atoms with Gasteiger partial charge in [-0.15, -0.1) is 11.3 Å². The Hall–Kier alpha value is -1.56. The number of methoxy groups -OCH3 is 1. The molecule has 1 amide bonds. The van der Waals surface area contributed by atoms with Crippen molar-refractivity contribution in [2.45, 2.75) is 13.3 Å². The van der Waals surface area contributed by atoms with Gasteiger partial charge < -0.3 is 15.4 Å². The molecule has 6 heteroatoms. The normalized spacial score (nSPS) is 10.1. The quantitative estimate of drug-likeness (QED) is 0.823. The molecule has 1 aromatic rings. The second-order valence-electron chi connectivity index (χ2n) is 3.68. The number of nitrogens with two attached hydrogens (primary N) is 1. The van der Waals surface area contributed by atoms with Crippen molar-refractivity contribution in [3.63, 3.8) is 0 Å². The molecule has 94 valence electrons. The van der Waals surface area contributed by atoms with E-state index in [-0.39, 0.29) is 18.3 Å². The molecule has 0 fully saturated rings. The molecule has 0 aromatic carbocycles. The standard InChI is InChI=1S/C11H16N2O3S/c1-7-8(12)6-9(17-7)11(15)13(2)5-4-10(14)16-3/h6H,4-5,12H2,1-3H3. The first-order valence-corrected chi connectivity index (χ1v) is 5.95. The van der Waals surface area contributed by atoms with E-state index in [1.165, 1.54) is 23.3 Å². The molecule has 0 radical (unpaired) electrons. The first-order chi connectivity index (χ1) is 7.95. The molecule has 0 aliphatic heterocycles. The number of rotatable bonds is 4. The van der Waals surface area contributed by atoms with Crippen molar-refractivity contribution < 1.29 is 14.3 Å². The lowest BCUT2D eigenvalue weighted by molar-refractivity contribution is -0.140. The molecule has 2 N–H and O–H groups in total. The second-order valence-corrected chi connectivity index (χ2v) is 4.93. The Balaban J connectivity index is 2.60. The number of ether oxygens (including phenoxy) is 1. The fourth-order valence-electron chi connectivity index (χ4n) is 1.25. The van der Waals surface area contributed by atoms with Crippen LogP contribution in [0.25, 0.3) is 0 Å². The average molecular weight is 256 g/mol. The molecule has 0 aliphatic carbocycles. The third kappa shape index (κ3) is 3.45. The molecule has 0 spiro atoms. The van der Waals surface area contributed by atoms with Gasteiger partial charge in [-0.25, -0.2) is 0 Å². The van der Waals surface area contributed by atoms with Gasteiger partial charge in [0.1, 0.15) is 0 Å². The number of hydrogen-bond acceptors (Lipinski definition) is 5. The maximum Gasteiger partial charge on any atom is 0.307 e. The number of esters is 1.